The van der Waals surface area contributed by atoms with Crippen LogP contribution in [0.5, 0.6) is 0 Å². The molecule has 0 heterocycles. The molecule has 0 saturated heterocycles. The Balaban J connectivity index is 0. The Labute approximate surface area is 396 Å². The van der Waals surface area contributed by atoms with E-state index in [1.807, 2.05) is 0 Å². The van der Waals surface area contributed by atoms with Crippen LogP contribution in [0.2, 0.25) is 0 Å². The molecule has 0 aliphatic heterocycles. The van der Waals surface area contributed by atoms with Crippen LogP contribution < -0.4 is 26.6 Å². The number of likely N-dealkylation sites (N-methyl/N-ethyl adjacent to an activating group) is 2. The molecular weight excluding hydrogens is 914 g/mol. The van der Waals surface area contributed by atoms with Crippen molar-refractivity contribution >= 4 is 53.8 Å². The van der Waals surface area contributed by atoms with E-state index in [4.69, 9.17) is 47.4 Å². The summed E-state index contributed by atoms with van der Waals surface area (Å²) in [6.45, 7) is 6.59. The minimum atomic E-state index is -0.579. The van der Waals surface area contributed by atoms with Gasteiger partial charge in [0.05, 0.1) is 86.8 Å². The molecule has 28 heteroatoms. The summed E-state index contributed by atoms with van der Waals surface area (Å²) >= 11 is 0. The molecule has 0 spiro atoms. The number of nitrogens with zero attached hydrogens (tertiary/aromatic N) is 2. The molecule has 0 rings (SSSR count). The first-order chi connectivity index (χ1) is 32.7. The molecule has 0 aliphatic rings. The van der Waals surface area contributed by atoms with Crippen LogP contribution in [0, 0.1) is 0 Å². The summed E-state index contributed by atoms with van der Waals surface area (Å²) in [5.74, 6) is -2.69. The van der Waals surface area contributed by atoms with Gasteiger partial charge in [0.15, 0.2) is 0 Å². The molecule has 0 bridgehead atoms. The molecule has 5 amide bonds. The second kappa shape index (κ2) is 46.6. The van der Waals surface area contributed by atoms with Crippen LogP contribution in [0.15, 0.2) is 0 Å². The number of alkyl carbamates (subject to hydrolysis) is 2. The Morgan fingerprint density at radius 1 is 0.397 bits per heavy atom. The van der Waals surface area contributed by atoms with Crippen LogP contribution in [-0.4, -0.2) is 257 Å². The topological polar surface area (TPSA) is 331 Å². The minimum absolute atomic E-state index is 0.00782. The van der Waals surface area contributed by atoms with Gasteiger partial charge in [-0.05, 0) is 0 Å². The van der Waals surface area contributed by atoms with E-state index >= 15 is 0 Å². The molecule has 0 unspecified atom stereocenters. The zero-order chi connectivity index (χ0) is 51.0. The summed E-state index contributed by atoms with van der Waals surface area (Å²) < 4.78 is 60.1. The number of carbonyl (C=O) groups excluding carboxylic acids is 9. The molecule has 0 aromatic carbocycles. The predicted octanol–water partition coefficient (Wildman–Crippen LogP) is -3.79. The maximum absolute atomic E-state index is 11.8. The number of esters is 4. The fourth-order valence-electron chi connectivity index (χ4n) is 4.43. The number of nitrogens with one attached hydrogen (secondary N) is 5. The van der Waals surface area contributed by atoms with Crippen molar-refractivity contribution in [3.05, 3.63) is 0 Å². The van der Waals surface area contributed by atoms with Gasteiger partial charge < -0.3 is 83.4 Å². The molecule has 5 N–H and O–H groups in total. The van der Waals surface area contributed by atoms with Crippen molar-refractivity contribution in [2.24, 2.45) is 0 Å². The zero-order valence-electron chi connectivity index (χ0n) is 40.1. The van der Waals surface area contributed by atoms with Gasteiger partial charge in [0, 0.05) is 73.8 Å². The van der Waals surface area contributed by atoms with Crippen LogP contribution in [0.4, 0.5) is 9.59 Å². The lowest BCUT2D eigenvalue weighted by Gasteiger charge is -2.21. The average molecular weight is 988 g/mol. The second-order valence-corrected chi connectivity index (χ2v) is 13.2. The Morgan fingerprint density at radius 2 is 0.706 bits per heavy atom. The third-order valence-corrected chi connectivity index (χ3v) is 7.82. The van der Waals surface area contributed by atoms with Gasteiger partial charge >= 0.3 is 36.1 Å². The molecular formula is C40H73N7O21. The molecule has 0 aromatic rings. The quantitative estimate of drug-likeness (QED) is 0.0223. The summed E-state index contributed by atoms with van der Waals surface area (Å²) in [6.07, 6.45) is -1.08. The van der Waals surface area contributed by atoms with Gasteiger partial charge in [0.25, 0.3) is 0 Å². The normalized spacial score (nSPS) is 10.5. The SMILES string of the molecule is CNC(=O)CN(CCOC(=O)COCCOCCNC(C)=O)CCOC(=O)COCCOCCNC(=O)OC.CNC(=O)CN(CCOC(C)=O)CCOC(=O)COCCOCCNC(=O)OC. The highest BCUT2D eigenvalue weighted by atomic mass is 16.6. The van der Waals surface area contributed by atoms with Crippen molar-refractivity contribution < 1.29 is 100.0 Å². The van der Waals surface area contributed by atoms with Gasteiger partial charge in [-0.3, -0.25) is 29.0 Å². The van der Waals surface area contributed by atoms with Crippen molar-refractivity contribution in [1.29, 1.82) is 0 Å². The molecule has 28 nitrogen and oxygen atoms in total. The van der Waals surface area contributed by atoms with Crippen LogP contribution in [-0.2, 0) is 90.4 Å². The van der Waals surface area contributed by atoms with Gasteiger partial charge in [-0.1, -0.05) is 0 Å². The third-order valence-electron chi connectivity index (χ3n) is 7.82. The van der Waals surface area contributed by atoms with Crippen LogP contribution in [0.1, 0.15) is 13.8 Å². The van der Waals surface area contributed by atoms with E-state index in [-0.39, 0.29) is 150 Å². The maximum atomic E-state index is 11.8. The Morgan fingerprint density at radius 3 is 1.00 bits per heavy atom. The number of carbonyl (C=O) groups is 9. The number of hydrogen-bond acceptors (Lipinski definition) is 23. The van der Waals surface area contributed by atoms with Gasteiger partial charge in [-0.15, -0.1) is 0 Å². The molecule has 0 fully saturated rings. The lowest BCUT2D eigenvalue weighted by atomic mass is 10.4. The van der Waals surface area contributed by atoms with Crippen LogP contribution in [0.3, 0.4) is 0 Å². The van der Waals surface area contributed by atoms with Gasteiger partial charge in [-0.25, -0.2) is 24.0 Å². The summed E-state index contributed by atoms with van der Waals surface area (Å²) in [5, 5.41) is 12.5. The van der Waals surface area contributed by atoms with Crippen molar-refractivity contribution in [2.45, 2.75) is 13.8 Å². The van der Waals surface area contributed by atoms with E-state index in [0.717, 1.165) is 0 Å². The summed E-state index contributed by atoms with van der Waals surface area (Å²) in [4.78, 5) is 105. The van der Waals surface area contributed by atoms with E-state index < -0.39 is 36.1 Å². The number of methoxy groups -OCH3 is 2. The second-order valence-electron chi connectivity index (χ2n) is 13.2. The summed E-state index contributed by atoms with van der Waals surface area (Å²) in [5.41, 5.74) is 0. The van der Waals surface area contributed by atoms with Gasteiger partial charge in [0.2, 0.25) is 17.7 Å². The molecule has 68 heavy (non-hydrogen) atoms. The molecule has 0 radical (unpaired) electrons. The molecule has 0 aliphatic carbocycles. The van der Waals surface area contributed by atoms with E-state index in [1.54, 1.807) is 9.80 Å². The van der Waals surface area contributed by atoms with Gasteiger partial charge in [-0.2, -0.15) is 0 Å². The zero-order valence-corrected chi connectivity index (χ0v) is 40.1. The summed E-state index contributed by atoms with van der Waals surface area (Å²) in [6, 6.07) is 0. The van der Waals surface area contributed by atoms with Crippen LogP contribution in [0.25, 0.3) is 0 Å². The third kappa shape index (κ3) is 47.0. The highest BCUT2D eigenvalue weighted by molar-refractivity contribution is 5.78. The van der Waals surface area contributed by atoms with Crippen molar-refractivity contribution in [3.63, 3.8) is 0 Å². The highest BCUT2D eigenvalue weighted by Gasteiger charge is 2.14. The smallest absolute Gasteiger partial charge is 0.406 e. The first-order valence-corrected chi connectivity index (χ1v) is 21.5. The van der Waals surface area contributed by atoms with E-state index in [9.17, 15) is 43.2 Å². The lowest BCUT2D eigenvalue weighted by molar-refractivity contribution is -0.151. The van der Waals surface area contributed by atoms with E-state index in [0.29, 0.717) is 32.8 Å². The molecule has 394 valence electrons. The fraction of sp³-hybridized carbons (Fsp3) is 0.775. The number of hydrogen-bond donors (Lipinski definition) is 5. The number of ether oxygens (including phenoxy) is 12. The lowest BCUT2D eigenvalue weighted by Crippen LogP contribution is -2.40. The van der Waals surface area contributed by atoms with Gasteiger partial charge in [0.1, 0.15) is 46.2 Å². The predicted molar refractivity (Wildman–Crippen MR) is 235 cm³/mol. The van der Waals surface area contributed by atoms with Crippen molar-refractivity contribution in [1.82, 2.24) is 36.4 Å². The van der Waals surface area contributed by atoms with E-state index in [2.05, 4.69) is 36.1 Å². The molecule has 0 atom stereocenters. The molecule has 0 saturated carbocycles. The average Bonchev–Trinajstić information content (AvgIpc) is 3.30. The standard InChI is InChI=1S/C23H42N4O12.C17H31N3O9/c1-19(28)25-4-8-34-12-14-36-17-21(30)38-10-6-27(16-20(29)24-2)7-11-39-22(31)18-37-15-13-35-9-5-26-23(32)33-3;1-14(21)28-8-5-20(12-15(22)18-2)6-9-29-16(23)13-27-11-10-26-7-4-19-17(24)25-3/h4-18H2,1-3H3,(H,24,29)(H,25,28)(H,26,32);4-13H2,1-3H3,(H,18,22)(H,19,24). The Bertz CT molecular complexity index is 1410. The number of rotatable bonds is 40. The molecule has 0 aromatic heterocycles. The highest BCUT2D eigenvalue weighted by Crippen LogP contribution is 1.95. The minimum Gasteiger partial charge on any atom is -0.465 e. The number of amides is 5. The fourth-order valence-corrected chi connectivity index (χ4v) is 4.43. The Kier molecular flexibility index (Phi) is 44.3. The van der Waals surface area contributed by atoms with E-state index in [1.165, 1.54) is 42.2 Å². The summed E-state index contributed by atoms with van der Waals surface area (Å²) in [7, 11) is 5.55. The first-order valence-electron chi connectivity index (χ1n) is 21.5. The monoisotopic (exact) mass is 987 g/mol. The largest absolute Gasteiger partial charge is 0.465 e. The van der Waals surface area contributed by atoms with Crippen molar-refractivity contribution in [2.75, 3.05) is 193 Å². The Hall–Kier alpha value is -5.49. The van der Waals surface area contributed by atoms with Crippen molar-refractivity contribution in [3.8, 4) is 0 Å². The first kappa shape index (κ1) is 64.6. The van der Waals surface area contributed by atoms with Crippen LogP contribution >= 0.6 is 0 Å². The maximum Gasteiger partial charge on any atom is 0.406 e.